The molecule has 0 aliphatic carbocycles. The number of benzene rings is 1. The number of hydrogen-bond acceptors (Lipinski definition) is 3. The molecule has 0 spiro atoms. The highest BCUT2D eigenvalue weighted by atomic mass is 16.5. The normalized spacial score (nSPS) is 15.7. The molecule has 0 unspecified atom stereocenters. The van der Waals surface area contributed by atoms with Gasteiger partial charge in [0.15, 0.2) is 0 Å². The van der Waals surface area contributed by atoms with Gasteiger partial charge in [0.05, 0.1) is 6.20 Å². The SMILES string of the molecule is Cn1cc(-c2cccc(OCCN3CCCC3)c2)cn1. The van der Waals surface area contributed by atoms with E-state index < -0.39 is 0 Å². The van der Waals surface area contributed by atoms with E-state index in [-0.39, 0.29) is 0 Å². The summed E-state index contributed by atoms with van der Waals surface area (Å²) in [5.74, 6) is 0.936. The highest BCUT2D eigenvalue weighted by Gasteiger charge is 2.10. The zero-order valence-corrected chi connectivity index (χ0v) is 12.0. The fourth-order valence-electron chi connectivity index (χ4n) is 2.63. The van der Waals surface area contributed by atoms with E-state index in [4.69, 9.17) is 4.74 Å². The van der Waals surface area contributed by atoms with Crippen LogP contribution in [0.15, 0.2) is 36.7 Å². The number of aromatic nitrogens is 2. The smallest absolute Gasteiger partial charge is 0.119 e. The van der Waals surface area contributed by atoms with Gasteiger partial charge >= 0.3 is 0 Å². The minimum atomic E-state index is 0.760. The standard InChI is InChI=1S/C16H21N3O/c1-18-13-15(12-17-18)14-5-4-6-16(11-14)20-10-9-19-7-2-3-8-19/h4-6,11-13H,2-3,7-10H2,1H3. The number of rotatable bonds is 5. The highest BCUT2D eigenvalue weighted by Crippen LogP contribution is 2.23. The molecule has 0 bridgehead atoms. The molecule has 1 aromatic carbocycles. The third-order valence-electron chi connectivity index (χ3n) is 3.75. The van der Waals surface area contributed by atoms with Crippen molar-refractivity contribution >= 4 is 0 Å². The summed E-state index contributed by atoms with van der Waals surface area (Å²) in [7, 11) is 1.93. The lowest BCUT2D eigenvalue weighted by molar-refractivity contribution is 0.238. The average Bonchev–Trinajstić information content (AvgIpc) is 3.11. The van der Waals surface area contributed by atoms with Crippen LogP contribution in [0.25, 0.3) is 11.1 Å². The van der Waals surface area contributed by atoms with Crippen LogP contribution in [-0.4, -0.2) is 40.9 Å². The van der Waals surface area contributed by atoms with E-state index in [9.17, 15) is 0 Å². The van der Waals surface area contributed by atoms with Gasteiger partial charge in [-0.15, -0.1) is 0 Å². The lowest BCUT2D eigenvalue weighted by Crippen LogP contribution is -2.25. The molecule has 1 aliphatic heterocycles. The van der Waals surface area contributed by atoms with Crippen LogP contribution in [0.5, 0.6) is 5.75 Å². The van der Waals surface area contributed by atoms with Crippen LogP contribution in [0.1, 0.15) is 12.8 Å². The molecular weight excluding hydrogens is 250 g/mol. The molecule has 106 valence electrons. The Hall–Kier alpha value is -1.81. The van der Waals surface area contributed by atoms with Crippen molar-refractivity contribution in [3.8, 4) is 16.9 Å². The van der Waals surface area contributed by atoms with Gasteiger partial charge in [0.2, 0.25) is 0 Å². The fourth-order valence-corrected chi connectivity index (χ4v) is 2.63. The summed E-state index contributed by atoms with van der Waals surface area (Å²) < 4.78 is 7.68. The van der Waals surface area contributed by atoms with Crippen molar-refractivity contribution in [3.63, 3.8) is 0 Å². The molecule has 0 saturated carbocycles. The molecule has 0 radical (unpaired) electrons. The fraction of sp³-hybridized carbons (Fsp3) is 0.438. The molecule has 0 atom stereocenters. The Bertz CT molecular complexity index is 558. The quantitative estimate of drug-likeness (QED) is 0.837. The van der Waals surface area contributed by atoms with Gasteiger partial charge < -0.3 is 4.74 Å². The highest BCUT2D eigenvalue weighted by molar-refractivity contribution is 5.63. The molecule has 1 aliphatic rings. The Morgan fingerprint density at radius 3 is 2.80 bits per heavy atom. The van der Waals surface area contributed by atoms with Gasteiger partial charge in [-0.25, -0.2) is 0 Å². The summed E-state index contributed by atoms with van der Waals surface area (Å²) in [6.45, 7) is 4.23. The summed E-state index contributed by atoms with van der Waals surface area (Å²) in [5, 5.41) is 4.21. The van der Waals surface area contributed by atoms with E-state index in [1.165, 1.54) is 25.9 Å². The van der Waals surface area contributed by atoms with E-state index >= 15 is 0 Å². The minimum Gasteiger partial charge on any atom is -0.492 e. The maximum atomic E-state index is 5.87. The first-order chi connectivity index (χ1) is 9.81. The van der Waals surface area contributed by atoms with Gasteiger partial charge in [-0.2, -0.15) is 5.10 Å². The number of aryl methyl sites for hydroxylation is 1. The largest absolute Gasteiger partial charge is 0.492 e. The first kappa shape index (κ1) is 13.2. The van der Waals surface area contributed by atoms with Gasteiger partial charge in [-0.3, -0.25) is 9.58 Å². The number of hydrogen-bond donors (Lipinski definition) is 0. The molecule has 4 nitrogen and oxygen atoms in total. The molecule has 2 heterocycles. The predicted molar refractivity (Wildman–Crippen MR) is 79.8 cm³/mol. The molecule has 0 amide bonds. The summed E-state index contributed by atoms with van der Waals surface area (Å²) >= 11 is 0. The lowest BCUT2D eigenvalue weighted by Gasteiger charge is -2.15. The second-order valence-electron chi connectivity index (χ2n) is 5.33. The van der Waals surface area contributed by atoms with Crippen LogP contribution in [0, 0.1) is 0 Å². The van der Waals surface area contributed by atoms with Crippen molar-refractivity contribution in [3.05, 3.63) is 36.7 Å². The third kappa shape index (κ3) is 3.20. The maximum absolute atomic E-state index is 5.87. The van der Waals surface area contributed by atoms with E-state index in [1.54, 1.807) is 0 Å². The van der Waals surface area contributed by atoms with Crippen LogP contribution in [0.3, 0.4) is 0 Å². The molecule has 20 heavy (non-hydrogen) atoms. The van der Waals surface area contributed by atoms with Crippen molar-refractivity contribution in [1.29, 1.82) is 0 Å². The zero-order valence-electron chi connectivity index (χ0n) is 12.0. The molecule has 3 rings (SSSR count). The van der Waals surface area contributed by atoms with Crippen LogP contribution in [0.4, 0.5) is 0 Å². The number of nitrogens with zero attached hydrogens (tertiary/aromatic N) is 3. The Morgan fingerprint density at radius 2 is 2.05 bits per heavy atom. The van der Waals surface area contributed by atoms with Crippen molar-refractivity contribution < 1.29 is 4.74 Å². The van der Waals surface area contributed by atoms with Crippen LogP contribution in [-0.2, 0) is 7.05 Å². The van der Waals surface area contributed by atoms with E-state index in [2.05, 4.69) is 22.1 Å². The molecule has 0 N–H and O–H groups in total. The average molecular weight is 271 g/mol. The van der Waals surface area contributed by atoms with Gasteiger partial charge in [0.1, 0.15) is 12.4 Å². The lowest BCUT2D eigenvalue weighted by atomic mass is 10.1. The minimum absolute atomic E-state index is 0.760. The third-order valence-corrected chi connectivity index (χ3v) is 3.75. The van der Waals surface area contributed by atoms with Gasteiger partial charge in [-0.05, 0) is 43.6 Å². The molecule has 1 aromatic heterocycles. The van der Waals surface area contributed by atoms with E-state index in [0.29, 0.717) is 0 Å². The van der Waals surface area contributed by atoms with Crippen molar-refractivity contribution in [1.82, 2.24) is 14.7 Å². The van der Waals surface area contributed by atoms with Crippen LogP contribution >= 0.6 is 0 Å². The molecular formula is C16H21N3O. The number of likely N-dealkylation sites (tertiary alicyclic amines) is 1. The molecule has 1 saturated heterocycles. The monoisotopic (exact) mass is 271 g/mol. The first-order valence-electron chi connectivity index (χ1n) is 7.25. The predicted octanol–water partition coefficient (Wildman–Crippen LogP) is 2.56. The van der Waals surface area contributed by atoms with Crippen LogP contribution in [0.2, 0.25) is 0 Å². The molecule has 2 aromatic rings. The van der Waals surface area contributed by atoms with E-state index in [0.717, 1.165) is 30.0 Å². The van der Waals surface area contributed by atoms with Crippen molar-refractivity contribution in [2.24, 2.45) is 7.05 Å². The summed E-state index contributed by atoms with van der Waals surface area (Å²) in [4.78, 5) is 2.46. The Morgan fingerprint density at radius 1 is 1.20 bits per heavy atom. The van der Waals surface area contributed by atoms with Gasteiger partial charge in [0, 0.05) is 25.4 Å². The topological polar surface area (TPSA) is 30.3 Å². The Kier molecular flexibility index (Phi) is 4.02. The van der Waals surface area contributed by atoms with Gasteiger partial charge in [-0.1, -0.05) is 12.1 Å². The second kappa shape index (κ2) is 6.09. The Balaban J connectivity index is 1.59. The summed E-state index contributed by atoms with van der Waals surface area (Å²) in [6, 6.07) is 8.22. The second-order valence-corrected chi connectivity index (χ2v) is 5.33. The maximum Gasteiger partial charge on any atom is 0.119 e. The summed E-state index contributed by atoms with van der Waals surface area (Å²) in [6.07, 6.45) is 6.56. The molecule has 4 heteroatoms. The first-order valence-corrected chi connectivity index (χ1v) is 7.25. The van der Waals surface area contributed by atoms with Crippen LogP contribution < -0.4 is 4.74 Å². The van der Waals surface area contributed by atoms with Gasteiger partial charge in [0.25, 0.3) is 0 Å². The van der Waals surface area contributed by atoms with E-state index in [1.807, 2.05) is 36.3 Å². The Labute approximate surface area is 120 Å². The zero-order chi connectivity index (χ0) is 13.8. The number of ether oxygens (including phenoxy) is 1. The van der Waals surface area contributed by atoms with Crippen molar-refractivity contribution in [2.75, 3.05) is 26.2 Å². The molecule has 1 fully saturated rings. The van der Waals surface area contributed by atoms with Crippen molar-refractivity contribution in [2.45, 2.75) is 12.8 Å². The summed E-state index contributed by atoms with van der Waals surface area (Å²) in [5.41, 5.74) is 2.27.